The molecule has 0 radical (unpaired) electrons. The van der Waals surface area contributed by atoms with Crippen molar-refractivity contribution in [3.05, 3.63) is 29.1 Å². The highest BCUT2D eigenvalue weighted by atomic mass is 32.2. The average molecular weight is 195 g/mol. The Kier molecular flexibility index (Phi) is 3.32. The van der Waals surface area contributed by atoms with Gasteiger partial charge in [0.2, 0.25) is 0 Å². The lowest BCUT2D eigenvalue weighted by Gasteiger charge is -2.05. The number of hydrogen-bond acceptors (Lipinski definition) is 2. The summed E-state index contributed by atoms with van der Waals surface area (Å²) in [7, 11) is 0. The molecule has 0 aliphatic heterocycles. The summed E-state index contributed by atoms with van der Waals surface area (Å²) in [6.45, 7) is 1.87. The van der Waals surface area contributed by atoms with Crippen molar-refractivity contribution in [3.8, 4) is 6.07 Å². The molecule has 0 unspecified atom stereocenters. The third-order valence-electron chi connectivity index (χ3n) is 1.83. The van der Waals surface area contributed by atoms with Crippen LogP contribution in [0.4, 0.5) is 4.39 Å². The number of nitriles is 1. The van der Waals surface area contributed by atoms with E-state index in [-0.39, 0.29) is 12.2 Å². The Morgan fingerprint density at radius 3 is 2.77 bits per heavy atom. The maximum absolute atomic E-state index is 13.2. The van der Waals surface area contributed by atoms with Crippen molar-refractivity contribution in [2.75, 3.05) is 6.26 Å². The number of halogens is 1. The van der Waals surface area contributed by atoms with E-state index in [1.54, 1.807) is 17.8 Å². The molecule has 0 aliphatic rings. The molecule has 0 spiro atoms. The van der Waals surface area contributed by atoms with E-state index in [1.807, 2.05) is 19.2 Å². The highest BCUT2D eigenvalue weighted by molar-refractivity contribution is 7.98. The Morgan fingerprint density at radius 1 is 1.54 bits per heavy atom. The Hall–Kier alpha value is -1.01. The van der Waals surface area contributed by atoms with E-state index in [2.05, 4.69) is 0 Å². The summed E-state index contributed by atoms with van der Waals surface area (Å²) in [6, 6.07) is 5.18. The largest absolute Gasteiger partial charge is 0.207 e. The Balaban J connectivity index is 3.16. The SMILES string of the molecule is CSc1cc(CC#N)c(F)cc1C. The number of thioether (sulfide) groups is 1. The Morgan fingerprint density at radius 2 is 2.23 bits per heavy atom. The van der Waals surface area contributed by atoms with Crippen LogP contribution in [-0.2, 0) is 6.42 Å². The van der Waals surface area contributed by atoms with Crippen LogP contribution < -0.4 is 0 Å². The maximum atomic E-state index is 13.2. The van der Waals surface area contributed by atoms with Crippen LogP contribution in [0.25, 0.3) is 0 Å². The van der Waals surface area contributed by atoms with Crippen molar-refractivity contribution in [2.45, 2.75) is 18.2 Å². The molecule has 0 bridgehead atoms. The fourth-order valence-electron chi connectivity index (χ4n) is 1.14. The zero-order valence-electron chi connectivity index (χ0n) is 7.60. The zero-order chi connectivity index (χ0) is 9.84. The minimum absolute atomic E-state index is 0.139. The van der Waals surface area contributed by atoms with Crippen molar-refractivity contribution >= 4 is 11.8 Å². The van der Waals surface area contributed by atoms with Gasteiger partial charge in [-0.3, -0.25) is 0 Å². The van der Waals surface area contributed by atoms with Gasteiger partial charge in [-0.05, 0) is 30.9 Å². The molecule has 0 atom stereocenters. The van der Waals surface area contributed by atoms with Gasteiger partial charge in [-0.2, -0.15) is 5.26 Å². The van der Waals surface area contributed by atoms with E-state index < -0.39 is 0 Å². The fraction of sp³-hybridized carbons (Fsp3) is 0.300. The minimum Gasteiger partial charge on any atom is -0.207 e. The van der Waals surface area contributed by atoms with Crippen molar-refractivity contribution in [2.24, 2.45) is 0 Å². The monoisotopic (exact) mass is 195 g/mol. The van der Waals surface area contributed by atoms with E-state index >= 15 is 0 Å². The number of benzene rings is 1. The van der Waals surface area contributed by atoms with Crippen LogP contribution in [0, 0.1) is 24.1 Å². The Labute approximate surface area is 81.6 Å². The topological polar surface area (TPSA) is 23.8 Å². The van der Waals surface area contributed by atoms with Crippen molar-refractivity contribution < 1.29 is 4.39 Å². The van der Waals surface area contributed by atoms with Gasteiger partial charge in [0.15, 0.2) is 0 Å². The van der Waals surface area contributed by atoms with Crippen LogP contribution in [0.3, 0.4) is 0 Å². The van der Waals surface area contributed by atoms with Crippen LogP contribution in [0.1, 0.15) is 11.1 Å². The molecule has 68 valence electrons. The standard InChI is InChI=1S/C10H10FNS/c1-7-5-9(11)8(3-4-12)6-10(7)13-2/h5-6H,3H2,1-2H3. The summed E-state index contributed by atoms with van der Waals surface area (Å²) in [5, 5.41) is 8.45. The smallest absolute Gasteiger partial charge is 0.127 e. The molecule has 13 heavy (non-hydrogen) atoms. The van der Waals surface area contributed by atoms with E-state index in [0.717, 1.165) is 10.5 Å². The highest BCUT2D eigenvalue weighted by Crippen LogP contribution is 2.23. The molecule has 0 N–H and O–H groups in total. The molecular formula is C10H10FNS. The number of rotatable bonds is 2. The van der Waals surface area contributed by atoms with Gasteiger partial charge >= 0.3 is 0 Å². The van der Waals surface area contributed by atoms with Gasteiger partial charge in [-0.15, -0.1) is 11.8 Å². The van der Waals surface area contributed by atoms with E-state index in [1.165, 1.54) is 6.07 Å². The van der Waals surface area contributed by atoms with Gasteiger partial charge in [0.25, 0.3) is 0 Å². The normalized spacial score (nSPS) is 9.69. The fourth-order valence-corrected chi connectivity index (χ4v) is 1.78. The van der Waals surface area contributed by atoms with E-state index in [4.69, 9.17) is 5.26 Å². The second-order valence-corrected chi connectivity index (χ2v) is 3.60. The summed E-state index contributed by atoms with van der Waals surface area (Å²) in [5.74, 6) is -0.281. The van der Waals surface area contributed by atoms with Crippen LogP contribution in [0.15, 0.2) is 17.0 Å². The predicted octanol–water partition coefficient (Wildman–Crippen LogP) is 2.92. The Bertz CT molecular complexity index is 355. The van der Waals surface area contributed by atoms with Crippen LogP contribution >= 0.6 is 11.8 Å². The molecule has 0 amide bonds. The first-order valence-electron chi connectivity index (χ1n) is 3.89. The molecule has 0 heterocycles. The van der Waals surface area contributed by atoms with Gasteiger partial charge in [-0.1, -0.05) is 0 Å². The number of nitrogens with zero attached hydrogens (tertiary/aromatic N) is 1. The molecule has 0 aromatic heterocycles. The van der Waals surface area contributed by atoms with Crippen molar-refractivity contribution in [3.63, 3.8) is 0 Å². The summed E-state index contributed by atoms with van der Waals surface area (Å²) in [5.41, 5.74) is 1.41. The lowest BCUT2D eigenvalue weighted by atomic mass is 10.1. The first-order chi connectivity index (χ1) is 6.19. The second-order valence-electron chi connectivity index (χ2n) is 2.75. The van der Waals surface area contributed by atoms with Crippen molar-refractivity contribution in [1.29, 1.82) is 5.26 Å². The highest BCUT2D eigenvalue weighted by Gasteiger charge is 2.05. The summed E-state index contributed by atoms with van der Waals surface area (Å²) in [6.07, 6.45) is 2.08. The van der Waals surface area contributed by atoms with Gasteiger partial charge < -0.3 is 0 Å². The third-order valence-corrected chi connectivity index (χ3v) is 2.71. The maximum Gasteiger partial charge on any atom is 0.127 e. The quantitative estimate of drug-likeness (QED) is 0.677. The lowest BCUT2D eigenvalue weighted by molar-refractivity contribution is 0.612. The first-order valence-corrected chi connectivity index (χ1v) is 5.11. The minimum atomic E-state index is -0.281. The summed E-state index contributed by atoms with van der Waals surface area (Å²) in [4.78, 5) is 1.03. The molecule has 0 saturated carbocycles. The average Bonchev–Trinajstić information content (AvgIpc) is 2.10. The van der Waals surface area contributed by atoms with Gasteiger partial charge in [0.05, 0.1) is 12.5 Å². The van der Waals surface area contributed by atoms with Gasteiger partial charge in [-0.25, -0.2) is 4.39 Å². The predicted molar refractivity (Wildman–Crippen MR) is 52.2 cm³/mol. The molecule has 1 aromatic rings. The summed E-state index contributed by atoms with van der Waals surface area (Å²) >= 11 is 1.57. The molecule has 3 heteroatoms. The molecular weight excluding hydrogens is 185 g/mol. The molecule has 1 rings (SSSR count). The van der Waals surface area contributed by atoms with Gasteiger partial charge in [0.1, 0.15) is 5.82 Å². The van der Waals surface area contributed by atoms with E-state index in [9.17, 15) is 4.39 Å². The number of aryl methyl sites for hydroxylation is 1. The molecule has 0 saturated heterocycles. The molecule has 1 aromatic carbocycles. The zero-order valence-corrected chi connectivity index (χ0v) is 8.41. The molecule has 1 nitrogen and oxygen atoms in total. The third kappa shape index (κ3) is 2.22. The van der Waals surface area contributed by atoms with Gasteiger partial charge in [0, 0.05) is 10.5 Å². The van der Waals surface area contributed by atoms with Crippen LogP contribution in [-0.4, -0.2) is 6.26 Å². The molecule has 0 aliphatic carbocycles. The van der Waals surface area contributed by atoms with Crippen LogP contribution in [0.5, 0.6) is 0 Å². The number of hydrogen-bond donors (Lipinski definition) is 0. The van der Waals surface area contributed by atoms with Crippen LogP contribution in [0.2, 0.25) is 0 Å². The van der Waals surface area contributed by atoms with Crippen molar-refractivity contribution in [1.82, 2.24) is 0 Å². The second kappa shape index (κ2) is 4.29. The lowest BCUT2D eigenvalue weighted by Crippen LogP contribution is -1.91. The van der Waals surface area contributed by atoms with E-state index in [0.29, 0.717) is 5.56 Å². The molecule has 0 fully saturated rings. The first kappa shape index (κ1) is 10.1. The summed E-state index contributed by atoms with van der Waals surface area (Å²) < 4.78 is 13.2.